The number of aromatic hydroxyl groups is 4. The Balaban J connectivity index is 1.71. The zero-order chi connectivity index (χ0) is 64.9. The van der Waals surface area contributed by atoms with Crippen LogP contribution in [0.2, 0.25) is 0 Å². The van der Waals surface area contributed by atoms with Gasteiger partial charge in [-0.15, -0.1) is 0 Å². The van der Waals surface area contributed by atoms with Crippen LogP contribution < -0.4 is 0 Å². The molecular formula is C73H110O12. The molecule has 0 atom stereocenters. The number of phenolic OH excluding ortho intramolecular Hbond substituents is 4. The van der Waals surface area contributed by atoms with E-state index in [1.807, 2.05) is 173 Å². The van der Waals surface area contributed by atoms with Gasteiger partial charge in [-0.2, -0.15) is 0 Å². The van der Waals surface area contributed by atoms with E-state index in [0.29, 0.717) is 37.9 Å². The lowest BCUT2D eigenvalue weighted by Crippen LogP contribution is -2.43. The maximum Gasteiger partial charge on any atom is 0.306 e. The van der Waals surface area contributed by atoms with Crippen LogP contribution in [0.1, 0.15) is 259 Å². The maximum absolute atomic E-state index is 14.1. The molecule has 0 saturated heterocycles. The first-order valence-corrected chi connectivity index (χ1v) is 30.7. The van der Waals surface area contributed by atoms with E-state index in [1.54, 1.807) is 0 Å². The summed E-state index contributed by atoms with van der Waals surface area (Å²) in [6.45, 7) is 47.9. The van der Waals surface area contributed by atoms with Crippen molar-refractivity contribution >= 4 is 17.9 Å². The fourth-order valence-corrected chi connectivity index (χ4v) is 10.4. The van der Waals surface area contributed by atoms with Crippen molar-refractivity contribution in [2.24, 2.45) is 5.41 Å². The second kappa shape index (κ2) is 27.2. The van der Waals surface area contributed by atoms with Gasteiger partial charge in [-0.3, -0.25) is 14.4 Å². The van der Waals surface area contributed by atoms with E-state index >= 15 is 0 Å². The van der Waals surface area contributed by atoms with Crippen LogP contribution in [0.25, 0.3) is 0 Å². The van der Waals surface area contributed by atoms with Gasteiger partial charge in [-0.05, 0) is 142 Å². The molecule has 0 aliphatic carbocycles. The highest BCUT2D eigenvalue weighted by molar-refractivity contribution is 5.71. The standard InChI is InChI=1S/C73H110O12/c1-65(2,3)50-34-46(35-51(61(50)77)66(4,5)6)26-25-33-84-85-45-73(42-81-58(74)30-27-47-36-52(67(7,8)9)62(78)53(37-47)68(10,11)12,43-82-59(75)31-28-48-38-54(69(13,14)15)63(79)55(39-48)70(16,17)18)44-83-60(76)32-29-49-40-56(71(19,20)21)64(80)57(41-49)72(22,23)24/h34-41,77-80H,25-33,42-45H2,1-24H3. The Morgan fingerprint density at radius 2 is 0.506 bits per heavy atom. The minimum Gasteiger partial charge on any atom is -0.507 e. The predicted molar refractivity (Wildman–Crippen MR) is 343 cm³/mol. The van der Waals surface area contributed by atoms with E-state index in [4.69, 9.17) is 24.0 Å². The number of hydrogen-bond acceptors (Lipinski definition) is 12. The maximum atomic E-state index is 14.1. The number of benzene rings is 4. The Morgan fingerprint density at radius 1 is 0.306 bits per heavy atom. The van der Waals surface area contributed by atoms with Crippen LogP contribution in [0, 0.1) is 5.41 Å². The molecule has 4 N–H and O–H groups in total. The lowest BCUT2D eigenvalue weighted by Gasteiger charge is -2.31. The van der Waals surface area contributed by atoms with Crippen LogP contribution in [0.4, 0.5) is 0 Å². The Labute approximate surface area is 512 Å². The number of carbonyl (C=O) groups is 3. The lowest BCUT2D eigenvalue weighted by molar-refractivity contribution is -0.317. The molecule has 4 aromatic carbocycles. The minimum atomic E-state index is -1.45. The zero-order valence-electron chi connectivity index (χ0n) is 56.9. The lowest BCUT2D eigenvalue weighted by atomic mass is 9.78. The molecule has 0 bridgehead atoms. The first-order valence-electron chi connectivity index (χ1n) is 30.7. The van der Waals surface area contributed by atoms with Crippen LogP contribution in [0.5, 0.6) is 23.0 Å². The molecule has 0 fully saturated rings. The van der Waals surface area contributed by atoms with Crippen LogP contribution in [-0.2, 0) is 107 Å². The van der Waals surface area contributed by atoms with Gasteiger partial charge in [0.2, 0.25) is 0 Å². The SMILES string of the molecule is CC(C)(C)c1cc(CCCOOCC(COC(=O)CCc2cc(C(C)(C)C)c(O)c(C(C)(C)C)c2)(COC(=O)CCc2cc(C(C)(C)C)c(O)c(C(C)(C)C)c2)COC(=O)CCc2cc(C(C)(C)C)c(O)c(C(C)(C)C)c2)cc(C(C)(C)C)c1O. The summed E-state index contributed by atoms with van der Waals surface area (Å²) in [5, 5.41) is 45.6. The summed E-state index contributed by atoms with van der Waals surface area (Å²) < 4.78 is 18.4. The summed E-state index contributed by atoms with van der Waals surface area (Å²) in [4.78, 5) is 54.1. The number of hydrogen-bond donors (Lipinski definition) is 4. The molecule has 0 unspecified atom stereocenters. The molecule has 4 rings (SSSR count). The smallest absolute Gasteiger partial charge is 0.306 e. The van der Waals surface area contributed by atoms with E-state index in [2.05, 4.69) is 41.5 Å². The number of carbonyl (C=O) groups excluding carboxylic acids is 3. The second-order valence-corrected chi connectivity index (χ2v) is 32.3. The van der Waals surface area contributed by atoms with E-state index in [-0.39, 0.29) is 113 Å². The van der Waals surface area contributed by atoms with Crippen molar-refractivity contribution in [2.75, 3.05) is 33.0 Å². The molecule has 0 aliphatic heterocycles. The summed E-state index contributed by atoms with van der Waals surface area (Å²) in [5.41, 5.74) is 5.71. The van der Waals surface area contributed by atoms with Crippen molar-refractivity contribution in [2.45, 2.75) is 261 Å². The van der Waals surface area contributed by atoms with Gasteiger partial charge in [0.25, 0.3) is 0 Å². The highest BCUT2D eigenvalue weighted by Gasteiger charge is 2.38. The monoisotopic (exact) mass is 1180 g/mol. The molecule has 0 aliphatic rings. The Bertz CT molecular complexity index is 2570. The fraction of sp³-hybridized carbons (Fsp3) is 0.630. The van der Waals surface area contributed by atoms with Crippen LogP contribution >= 0.6 is 0 Å². The highest BCUT2D eigenvalue weighted by Crippen LogP contribution is 2.44. The van der Waals surface area contributed by atoms with Gasteiger partial charge in [-0.1, -0.05) is 215 Å². The molecule has 0 amide bonds. The molecule has 12 heteroatoms. The molecule has 85 heavy (non-hydrogen) atoms. The van der Waals surface area contributed by atoms with Crippen molar-refractivity contribution in [1.29, 1.82) is 0 Å². The molecule has 12 nitrogen and oxygen atoms in total. The fourth-order valence-electron chi connectivity index (χ4n) is 10.4. The third kappa shape index (κ3) is 20.5. The summed E-state index contributed by atoms with van der Waals surface area (Å²) in [6, 6.07) is 15.8. The molecule has 0 saturated carbocycles. The van der Waals surface area contributed by atoms with Gasteiger partial charge in [-0.25, -0.2) is 9.78 Å². The number of ether oxygens (including phenoxy) is 3. The number of phenols is 4. The van der Waals surface area contributed by atoms with Crippen molar-refractivity contribution in [1.82, 2.24) is 0 Å². The van der Waals surface area contributed by atoms with E-state index in [0.717, 1.165) is 66.8 Å². The summed E-state index contributed by atoms with van der Waals surface area (Å²) >= 11 is 0. The molecule has 0 heterocycles. The quantitative estimate of drug-likeness (QED) is 0.0193. The van der Waals surface area contributed by atoms with Gasteiger partial charge >= 0.3 is 17.9 Å². The average Bonchev–Trinajstić information content (AvgIpc) is 1.72. The number of aryl methyl sites for hydroxylation is 4. The van der Waals surface area contributed by atoms with E-state index in [9.17, 15) is 34.8 Å². The number of rotatable bonds is 22. The molecule has 0 aromatic heterocycles. The summed E-state index contributed by atoms with van der Waals surface area (Å²) in [6.07, 6.45) is 2.05. The topological polar surface area (TPSA) is 178 Å². The van der Waals surface area contributed by atoms with Crippen molar-refractivity contribution < 1.29 is 58.8 Å². The average molecular weight is 1180 g/mol. The van der Waals surface area contributed by atoms with E-state index < -0.39 is 23.3 Å². The largest absolute Gasteiger partial charge is 0.507 e. The third-order valence-electron chi connectivity index (χ3n) is 15.8. The molecule has 0 radical (unpaired) electrons. The van der Waals surface area contributed by atoms with Crippen molar-refractivity contribution in [3.05, 3.63) is 115 Å². The Morgan fingerprint density at radius 3 is 0.706 bits per heavy atom. The molecule has 0 spiro atoms. The van der Waals surface area contributed by atoms with Crippen LogP contribution in [-0.4, -0.2) is 71.4 Å². The Hall–Kier alpha value is -5.59. The highest BCUT2D eigenvalue weighted by atomic mass is 17.2. The summed E-state index contributed by atoms with van der Waals surface area (Å²) in [5.74, 6) is -0.599. The predicted octanol–water partition coefficient (Wildman–Crippen LogP) is 16.3. The van der Waals surface area contributed by atoms with Gasteiger partial charge in [0.15, 0.2) is 0 Å². The van der Waals surface area contributed by atoms with Gasteiger partial charge in [0.05, 0.1) is 18.6 Å². The molecule has 474 valence electrons. The second-order valence-electron chi connectivity index (χ2n) is 32.3. The number of esters is 3. The first-order chi connectivity index (χ1) is 38.5. The van der Waals surface area contributed by atoms with Gasteiger partial charge in [0.1, 0.15) is 42.8 Å². The van der Waals surface area contributed by atoms with Crippen LogP contribution in [0.3, 0.4) is 0 Å². The van der Waals surface area contributed by atoms with E-state index in [1.165, 1.54) is 0 Å². The van der Waals surface area contributed by atoms with Gasteiger partial charge in [0, 0.05) is 19.3 Å². The van der Waals surface area contributed by atoms with Gasteiger partial charge < -0.3 is 34.6 Å². The normalized spacial score (nSPS) is 13.3. The minimum absolute atomic E-state index is 0.0183. The van der Waals surface area contributed by atoms with Crippen LogP contribution in [0.15, 0.2) is 48.5 Å². The van der Waals surface area contributed by atoms with Crippen molar-refractivity contribution in [3.8, 4) is 23.0 Å². The molecule has 4 aromatic rings. The summed E-state index contributed by atoms with van der Waals surface area (Å²) in [7, 11) is 0. The van der Waals surface area contributed by atoms with Crippen molar-refractivity contribution in [3.63, 3.8) is 0 Å². The zero-order valence-corrected chi connectivity index (χ0v) is 56.9. The first kappa shape index (κ1) is 71.9. The third-order valence-corrected chi connectivity index (χ3v) is 15.8. The molecular weight excluding hydrogens is 1070 g/mol. The Kier molecular flexibility index (Phi) is 23.0.